The number of aliphatic hydroxyl groups excluding tert-OH is 1. The number of nitrogens with zero attached hydrogens (tertiary/aromatic N) is 5. The smallest absolute Gasteiger partial charge is 0.192 e. The first-order chi connectivity index (χ1) is 15.5. The molecular formula is C23H22N6O2S. The van der Waals surface area contributed by atoms with Crippen LogP contribution in [-0.2, 0) is 0 Å². The molecule has 0 unspecified atom stereocenters. The number of imidazole rings is 1. The highest BCUT2D eigenvalue weighted by molar-refractivity contribution is 7.99. The van der Waals surface area contributed by atoms with Crippen LogP contribution in [-0.4, -0.2) is 42.7 Å². The predicted octanol–water partition coefficient (Wildman–Crippen LogP) is 5.00. The Kier molecular flexibility index (Phi) is 6.14. The summed E-state index contributed by atoms with van der Waals surface area (Å²) in [7, 11) is 1.63. The van der Waals surface area contributed by atoms with E-state index in [4.69, 9.17) is 4.74 Å². The fraction of sp³-hybridized carbons (Fsp3) is 0.217. The number of benzene rings is 2. The van der Waals surface area contributed by atoms with Crippen LogP contribution in [0.15, 0.2) is 59.4 Å². The molecule has 0 spiro atoms. The summed E-state index contributed by atoms with van der Waals surface area (Å²) in [5, 5.41) is 29.6. The summed E-state index contributed by atoms with van der Waals surface area (Å²) >= 11 is 1.32. The molecule has 4 aromatic rings. The number of allylic oxidation sites excluding steroid dienone is 1. The first-order valence-corrected chi connectivity index (χ1v) is 11.0. The molecule has 32 heavy (non-hydrogen) atoms. The molecule has 2 N–H and O–H groups in total. The zero-order chi connectivity index (χ0) is 22.7. The number of rotatable bonds is 7. The number of nitriles is 1. The molecular weight excluding hydrogens is 424 g/mol. The number of nitrogens with one attached hydrogen (secondary N) is 1. The minimum absolute atomic E-state index is 0.0686. The molecule has 0 aliphatic heterocycles. The van der Waals surface area contributed by atoms with Crippen molar-refractivity contribution in [1.82, 2.24) is 24.7 Å². The van der Waals surface area contributed by atoms with Gasteiger partial charge in [-0.1, -0.05) is 23.9 Å². The Bertz CT molecular complexity index is 1280. The SMILES string of the molecule is COc1ccc(-c2nnc(SCC(O)=C(C#N)c3nc4ccccc4[nH]3)n2C(C)C)cc1. The number of aromatic nitrogens is 5. The van der Waals surface area contributed by atoms with Crippen molar-refractivity contribution in [3.63, 3.8) is 0 Å². The number of aromatic amines is 1. The number of hydrogen-bond acceptors (Lipinski definition) is 7. The van der Waals surface area contributed by atoms with E-state index in [1.165, 1.54) is 11.8 Å². The van der Waals surface area contributed by atoms with Crippen molar-refractivity contribution in [1.29, 1.82) is 5.26 Å². The fourth-order valence-corrected chi connectivity index (χ4v) is 4.25. The van der Waals surface area contributed by atoms with Crippen molar-refractivity contribution >= 4 is 28.4 Å². The molecule has 162 valence electrons. The average molecular weight is 447 g/mol. The number of para-hydroxylation sites is 2. The molecule has 0 amide bonds. The van der Waals surface area contributed by atoms with Crippen LogP contribution >= 0.6 is 11.8 Å². The zero-order valence-electron chi connectivity index (χ0n) is 17.9. The molecule has 0 saturated carbocycles. The first-order valence-electron chi connectivity index (χ1n) is 10.0. The maximum absolute atomic E-state index is 10.7. The van der Waals surface area contributed by atoms with E-state index in [2.05, 4.69) is 26.2 Å². The van der Waals surface area contributed by atoms with Crippen molar-refractivity contribution in [2.45, 2.75) is 25.0 Å². The van der Waals surface area contributed by atoms with E-state index >= 15 is 0 Å². The molecule has 0 aliphatic carbocycles. The van der Waals surface area contributed by atoms with Gasteiger partial charge in [0.1, 0.15) is 23.2 Å². The summed E-state index contributed by atoms with van der Waals surface area (Å²) in [6.07, 6.45) is 0. The van der Waals surface area contributed by atoms with Crippen LogP contribution in [0.4, 0.5) is 0 Å². The van der Waals surface area contributed by atoms with Gasteiger partial charge < -0.3 is 14.8 Å². The van der Waals surface area contributed by atoms with E-state index < -0.39 is 0 Å². The Labute approximate surface area is 189 Å². The van der Waals surface area contributed by atoms with E-state index in [-0.39, 0.29) is 23.1 Å². The summed E-state index contributed by atoms with van der Waals surface area (Å²) in [5.41, 5.74) is 2.57. The molecule has 9 heteroatoms. The van der Waals surface area contributed by atoms with Gasteiger partial charge in [-0.25, -0.2) is 4.98 Å². The highest BCUT2D eigenvalue weighted by Gasteiger charge is 2.19. The second kappa shape index (κ2) is 9.16. The predicted molar refractivity (Wildman–Crippen MR) is 124 cm³/mol. The Balaban J connectivity index is 1.60. The average Bonchev–Trinajstić information content (AvgIpc) is 3.42. The number of methoxy groups -OCH3 is 1. The number of thioether (sulfide) groups is 1. The third kappa shape index (κ3) is 4.18. The third-order valence-corrected chi connectivity index (χ3v) is 5.85. The van der Waals surface area contributed by atoms with Crippen molar-refractivity contribution in [2.75, 3.05) is 12.9 Å². The maximum atomic E-state index is 10.7. The maximum Gasteiger partial charge on any atom is 0.192 e. The summed E-state index contributed by atoms with van der Waals surface area (Å²) in [6.45, 7) is 4.09. The Morgan fingerprint density at radius 3 is 2.59 bits per heavy atom. The second-order valence-corrected chi connectivity index (χ2v) is 8.27. The van der Waals surface area contributed by atoms with Gasteiger partial charge in [-0.3, -0.25) is 4.57 Å². The zero-order valence-corrected chi connectivity index (χ0v) is 18.7. The number of H-pyrrole nitrogens is 1. The van der Waals surface area contributed by atoms with Crippen LogP contribution in [0.2, 0.25) is 0 Å². The molecule has 2 aromatic carbocycles. The van der Waals surface area contributed by atoms with Gasteiger partial charge in [0, 0.05) is 11.6 Å². The summed E-state index contributed by atoms with van der Waals surface area (Å²) in [4.78, 5) is 7.50. The molecule has 0 saturated heterocycles. The van der Waals surface area contributed by atoms with Crippen LogP contribution in [0.3, 0.4) is 0 Å². The molecule has 0 radical (unpaired) electrons. The lowest BCUT2D eigenvalue weighted by Gasteiger charge is -2.14. The molecule has 0 aliphatic rings. The lowest BCUT2D eigenvalue weighted by Crippen LogP contribution is -2.06. The van der Waals surface area contributed by atoms with Gasteiger partial charge in [0.05, 0.1) is 23.9 Å². The van der Waals surface area contributed by atoms with Gasteiger partial charge >= 0.3 is 0 Å². The van der Waals surface area contributed by atoms with Gasteiger partial charge in [0.2, 0.25) is 0 Å². The van der Waals surface area contributed by atoms with Crippen LogP contribution in [0.5, 0.6) is 5.75 Å². The highest BCUT2D eigenvalue weighted by atomic mass is 32.2. The molecule has 2 aromatic heterocycles. The molecule has 8 nitrogen and oxygen atoms in total. The molecule has 0 bridgehead atoms. The Morgan fingerprint density at radius 2 is 1.94 bits per heavy atom. The Hall–Kier alpha value is -3.77. The van der Waals surface area contributed by atoms with E-state index in [9.17, 15) is 10.4 Å². The van der Waals surface area contributed by atoms with E-state index in [0.29, 0.717) is 11.0 Å². The minimum Gasteiger partial charge on any atom is -0.510 e. The van der Waals surface area contributed by atoms with Gasteiger partial charge in [0.15, 0.2) is 16.8 Å². The summed E-state index contributed by atoms with van der Waals surface area (Å²) in [5.74, 6) is 1.93. The molecule has 2 heterocycles. The van der Waals surface area contributed by atoms with Crippen LogP contribution < -0.4 is 4.74 Å². The fourth-order valence-electron chi connectivity index (χ4n) is 3.31. The number of fused-ring (bicyclic) bond motifs is 1. The molecule has 0 fully saturated rings. The van der Waals surface area contributed by atoms with Crippen molar-refractivity contribution in [2.24, 2.45) is 0 Å². The quantitative estimate of drug-likeness (QED) is 0.233. The van der Waals surface area contributed by atoms with Crippen LogP contribution in [0.25, 0.3) is 28.0 Å². The molecule has 0 atom stereocenters. The minimum atomic E-state index is -0.0686. The molecule has 4 rings (SSSR count). The number of ether oxygens (including phenoxy) is 1. The standard InChI is InChI=1S/C23H22N6O2S/c1-14(2)29-22(15-8-10-16(31-3)11-9-15)27-28-23(29)32-13-20(30)17(12-24)21-25-18-6-4-5-7-19(18)26-21/h4-11,14,30H,13H2,1-3H3,(H,25,26). The third-order valence-electron chi connectivity index (χ3n) is 4.89. The number of hydrogen-bond donors (Lipinski definition) is 2. The first kappa shape index (κ1) is 21.5. The van der Waals surface area contributed by atoms with Crippen molar-refractivity contribution in [3.8, 4) is 23.2 Å². The van der Waals surface area contributed by atoms with Crippen LogP contribution in [0.1, 0.15) is 25.7 Å². The highest BCUT2D eigenvalue weighted by Crippen LogP contribution is 2.30. The normalized spacial score (nSPS) is 12.1. The lowest BCUT2D eigenvalue weighted by molar-refractivity contribution is 0.415. The van der Waals surface area contributed by atoms with E-state index in [1.54, 1.807) is 7.11 Å². The van der Waals surface area contributed by atoms with Crippen LogP contribution in [0, 0.1) is 11.3 Å². The lowest BCUT2D eigenvalue weighted by atomic mass is 10.2. The number of aliphatic hydroxyl groups is 1. The van der Waals surface area contributed by atoms with Gasteiger partial charge in [0.25, 0.3) is 0 Å². The van der Waals surface area contributed by atoms with E-state index in [1.807, 2.05) is 66.9 Å². The topological polar surface area (TPSA) is 113 Å². The second-order valence-electron chi connectivity index (χ2n) is 7.32. The Morgan fingerprint density at radius 1 is 1.19 bits per heavy atom. The van der Waals surface area contributed by atoms with E-state index in [0.717, 1.165) is 28.2 Å². The largest absolute Gasteiger partial charge is 0.510 e. The van der Waals surface area contributed by atoms with Gasteiger partial charge in [-0.2, -0.15) is 5.26 Å². The van der Waals surface area contributed by atoms with Crippen molar-refractivity contribution < 1.29 is 9.84 Å². The van der Waals surface area contributed by atoms with Crippen molar-refractivity contribution in [3.05, 3.63) is 60.1 Å². The van der Waals surface area contributed by atoms with Gasteiger partial charge in [-0.15, -0.1) is 10.2 Å². The summed E-state index contributed by atoms with van der Waals surface area (Å²) < 4.78 is 7.23. The monoisotopic (exact) mass is 446 g/mol. The summed E-state index contributed by atoms with van der Waals surface area (Å²) in [6, 6.07) is 17.3. The van der Waals surface area contributed by atoms with Gasteiger partial charge in [-0.05, 0) is 50.2 Å².